The van der Waals surface area contributed by atoms with Crippen molar-refractivity contribution >= 4 is 27.5 Å². The molecular weight excluding hydrogens is 263 g/mol. The van der Waals surface area contributed by atoms with Crippen molar-refractivity contribution in [2.75, 3.05) is 0 Å². The van der Waals surface area contributed by atoms with E-state index in [1.165, 1.54) is 18.2 Å². The Morgan fingerprint density at radius 2 is 2.00 bits per heavy atom. The van der Waals surface area contributed by atoms with Crippen LogP contribution in [0, 0.1) is 0 Å². The van der Waals surface area contributed by atoms with Crippen LogP contribution in [0.2, 0.25) is 5.02 Å². The minimum absolute atomic E-state index is 0.367. The first kappa shape index (κ1) is 10.9. The minimum Gasteiger partial charge on any atom is -0.319 e. The van der Waals surface area contributed by atoms with E-state index in [4.69, 9.17) is 17.3 Å². The third-order valence-electron chi connectivity index (χ3n) is 1.60. The van der Waals surface area contributed by atoms with Crippen LogP contribution in [0.4, 0.5) is 8.78 Å². The maximum absolute atomic E-state index is 12.2. The van der Waals surface area contributed by atoms with Gasteiger partial charge in [0.25, 0.3) is 6.43 Å². The highest BCUT2D eigenvalue weighted by Gasteiger charge is 2.17. The van der Waals surface area contributed by atoms with Gasteiger partial charge < -0.3 is 5.73 Å². The van der Waals surface area contributed by atoms with Crippen molar-refractivity contribution in [2.45, 2.75) is 12.5 Å². The highest BCUT2D eigenvalue weighted by molar-refractivity contribution is 9.10. The van der Waals surface area contributed by atoms with E-state index in [1.807, 2.05) is 0 Å². The van der Waals surface area contributed by atoms with Gasteiger partial charge in [-0.05, 0) is 33.6 Å². The standard InChI is InChI=1S/C8H7BrClF2N/c9-5-3-4(1-2-6(5)10)7(13)8(11)12/h1-3,7-8H,13H2. The molecule has 0 amide bonds. The molecule has 1 rings (SSSR count). The average molecular weight is 271 g/mol. The molecule has 0 aliphatic heterocycles. The maximum Gasteiger partial charge on any atom is 0.257 e. The third kappa shape index (κ3) is 2.62. The number of hydrogen-bond acceptors (Lipinski definition) is 1. The second-order valence-corrected chi connectivity index (χ2v) is 3.80. The monoisotopic (exact) mass is 269 g/mol. The molecule has 1 aromatic carbocycles. The van der Waals surface area contributed by atoms with E-state index < -0.39 is 12.5 Å². The van der Waals surface area contributed by atoms with Crippen molar-refractivity contribution in [2.24, 2.45) is 5.73 Å². The molecule has 13 heavy (non-hydrogen) atoms. The Balaban J connectivity index is 2.97. The van der Waals surface area contributed by atoms with Crippen LogP contribution in [-0.2, 0) is 0 Å². The molecule has 0 spiro atoms. The average Bonchev–Trinajstić information content (AvgIpc) is 2.08. The van der Waals surface area contributed by atoms with Crippen LogP contribution in [-0.4, -0.2) is 6.43 Å². The zero-order chi connectivity index (χ0) is 10.0. The van der Waals surface area contributed by atoms with E-state index in [-0.39, 0.29) is 0 Å². The summed E-state index contributed by atoms with van der Waals surface area (Å²) in [6.07, 6.45) is -2.56. The Bertz CT molecular complexity index is 306. The highest BCUT2D eigenvalue weighted by Crippen LogP contribution is 2.27. The molecule has 0 aromatic heterocycles. The fraction of sp³-hybridized carbons (Fsp3) is 0.250. The first-order valence-electron chi connectivity index (χ1n) is 3.51. The van der Waals surface area contributed by atoms with Crippen molar-refractivity contribution in [3.63, 3.8) is 0 Å². The van der Waals surface area contributed by atoms with E-state index in [0.717, 1.165) is 0 Å². The van der Waals surface area contributed by atoms with Crippen molar-refractivity contribution < 1.29 is 8.78 Å². The van der Waals surface area contributed by atoms with Gasteiger partial charge in [-0.15, -0.1) is 0 Å². The van der Waals surface area contributed by atoms with Crippen LogP contribution in [0.15, 0.2) is 22.7 Å². The molecule has 1 atom stereocenters. The molecule has 0 saturated carbocycles. The Labute approximate surface area is 88.0 Å². The Hall–Kier alpha value is -0.190. The smallest absolute Gasteiger partial charge is 0.257 e. The van der Waals surface area contributed by atoms with Gasteiger partial charge in [-0.2, -0.15) is 0 Å². The Kier molecular flexibility index (Phi) is 3.64. The maximum atomic E-state index is 12.2. The molecule has 0 bridgehead atoms. The Morgan fingerprint density at radius 1 is 1.38 bits per heavy atom. The quantitative estimate of drug-likeness (QED) is 0.876. The summed E-state index contributed by atoms with van der Waals surface area (Å²) < 4.78 is 24.9. The lowest BCUT2D eigenvalue weighted by molar-refractivity contribution is 0.116. The summed E-state index contributed by atoms with van der Waals surface area (Å²) in [7, 11) is 0. The van der Waals surface area contributed by atoms with Gasteiger partial charge in [-0.1, -0.05) is 17.7 Å². The zero-order valence-electron chi connectivity index (χ0n) is 6.48. The van der Waals surface area contributed by atoms with Gasteiger partial charge in [-0.3, -0.25) is 0 Å². The first-order chi connectivity index (χ1) is 6.02. The second-order valence-electron chi connectivity index (χ2n) is 2.53. The van der Waals surface area contributed by atoms with E-state index >= 15 is 0 Å². The Morgan fingerprint density at radius 3 is 2.46 bits per heavy atom. The summed E-state index contributed by atoms with van der Waals surface area (Å²) in [4.78, 5) is 0. The fourth-order valence-electron chi connectivity index (χ4n) is 0.865. The molecular formula is C8H7BrClF2N. The summed E-state index contributed by atoms with van der Waals surface area (Å²) >= 11 is 8.82. The molecule has 1 aromatic rings. The predicted octanol–water partition coefficient (Wildman–Crippen LogP) is 3.37. The molecule has 0 heterocycles. The zero-order valence-corrected chi connectivity index (χ0v) is 8.82. The van der Waals surface area contributed by atoms with Crippen LogP contribution < -0.4 is 5.73 Å². The van der Waals surface area contributed by atoms with Crippen LogP contribution >= 0.6 is 27.5 Å². The number of alkyl halides is 2. The van der Waals surface area contributed by atoms with Crippen LogP contribution in [0.25, 0.3) is 0 Å². The minimum atomic E-state index is -2.56. The number of rotatable bonds is 2. The van der Waals surface area contributed by atoms with Gasteiger partial charge in [0, 0.05) is 4.47 Å². The van der Waals surface area contributed by atoms with Crippen molar-refractivity contribution in [3.8, 4) is 0 Å². The lowest BCUT2D eigenvalue weighted by Crippen LogP contribution is -2.18. The van der Waals surface area contributed by atoms with Crippen molar-refractivity contribution in [3.05, 3.63) is 33.3 Å². The molecule has 1 unspecified atom stereocenters. The molecule has 5 heteroatoms. The SMILES string of the molecule is NC(c1ccc(Cl)c(Br)c1)C(F)F. The van der Waals surface area contributed by atoms with Gasteiger partial charge in [-0.25, -0.2) is 8.78 Å². The van der Waals surface area contributed by atoms with E-state index in [0.29, 0.717) is 15.1 Å². The van der Waals surface area contributed by atoms with Gasteiger partial charge in [0.05, 0.1) is 11.1 Å². The van der Waals surface area contributed by atoms with Gasteiger partial charge >= 0.3 is 0 Å². The number of nitrogens with two attached hydrogens (primary N) is 1. The highest BCUT2D eigenvalue weighted by atomic mass is 79.9. The van der Waals surface area contributed by atoms with Crippen LogP contribution in [0.5, 0.6) is 0 Å². The molecule has 0 saturated heterocycles. The summed E-state index contributed by atoms with van der Waals surface area (Å²) in [5.74, 6) is 0. The van der Waals surface area contributed by atoms with Gasteiger partial charge in [0.1, 0.15) is 0 Å². The van der Waals surface area contributed by atoms with Crippen molar-refractivity contribution in [1.82, 2.24) is 0 Å². The van der Waals surface area contributed by atoms with Crippen LogP contribution in [0.1, 0.15) is 11.6 Å². The largest absolute Gasteiger partial charge is 0.319 e. The van der Waals surface area contributed by atoms with E-state index in [2.05, 4.69) is 15.9 Å². The summed E-state index contributed by atoms with van der Waals surface area (Å²) in [5, 5.41) is 0.477. The summed E-state index contributed by atoms with van der Waals surface area (Å²) in [5.41, 5.74) is 5.61. The van der Waals surface area contributed by atoms with E-state index in [9.17, 15) is 8.78 Å². The number of halogens is 4. The molecule has 72 valence electrons. The number of benzene rings is 1. The summed E-state index contributed by atoms with van der Waals surface area (Å²) in [6.45, 7) is 0. The topological polar surface area (TPSA) is 26.0 Å². The van der Waals surface area contributed by atoms with Gasteiger partial charge in [0.15, 0.2) is 0 Å². The molecule has 0 fully saturated rings. The van der Waals surface area contributed by atoms with Crippen molar-refractivity contribution in [1.29, 1.82) is 0 Å². The second kappa shape index (κ2) is 4.35. The first-order valence-corrected chi connectivity index (χ1v) is 4.68. The molecule has 0 aliphatic rings. The normalized spacial score (nSPS) is 13.4. The third-order valence-corrected chi connectivity index (χ3v) is 2.81. The molecule has 1 nitrogen and oxygen atoms in total. The molecule has 0 aliphatic carbocycles. The molecule has 0 radical (unpaired) electrons. The van der Waals surface area contributed by atoms with E-state index in [1.54, 1.807) is 0 Å². The fourth-order valence-corrected chi connectivity index (χ4v) is 1.38. The molecule has 2 N–H and O–H groups in total. The van der Waals surface area contributed by atoms with Gasteiger partial charge in [0.2, 0.25) is 0 Å². The predicted molar refractivity (Wildman–Crippen MR) is 52.1 cm³/mol. The number of hydrogen-bond donors (Lipinski definition) is 1. The summed E-state index contributed by atoms with van der Waals surface area (Å²) in [6, 6.07) is 3.26. The van der Waals surface area contributed by atoms with Crippen LogP contribution in [0.3, 0.4) is 0 Å². The lowest BCUT2D eigenvalue weighted by atomic mass is 10.1. The lowest BCUT2D eigenvalue weighted by Gasteiger charge is -2.11.